The average Bonchev–Trinajstić information content (AvgIpc) is 2.47. The molecule has 3 rings (SSSR count). The first-order valence-corrected chi connectivity index (χ1v) is 7.76. The Morgan fingerprint density at radius 2 is 1.81 bits per heavy atom. The van der Waals surface area contributed by atoms with Crippen LogP contribution in [0.25, 0.3) is 0 Å². The molecule has 1 amide bonds. The molecule has 0 unspecified atom stereocenters. The Morgan fingerprint density at radius 3 is 2.33 bits per heavy atom. The van der Waals surface area contributed by atoms with E-state index < -0.39 is 0 Å². The molecule has 0 N–H and O–H groups in total. The van der Waals surface area contributed by atoms with Crippen LogP contribution >= 0.6 is 0 Å². The first-order chi connectivity index (χ1) is 10.3. The molecule has 1 aliphatic heterocycles. The second kappa shape index (κ2) is 6.28. The van der Waals surface area contributed by atoms with Crippen molar-refractivity contribution in [2.24, 2.45) is 5.92 Å². The fourth-order valence-corrected chi connectivity index (χ4v) is 2.98. The molecular formula is C17H21N3O. The highest BCUT2D eigenvalue weighted by molar-refractivity contribution is 5.79. The molecule has 0 atom stereocenters. The zero-order valence-electron chi connectivity index (χ0n) is 12.3. The number of carbonyl (C=O) groups excluding carboxylic acids is 1. The predicted octanol–water partition coefficient (Wildman–Crippen LogP) is 2.00. The van der Waals surface area contributed by atoms with Gasteiger partial charge in [-0.1, -0.05) is 18.6 Å². The van der Waals surface area contributed by atoms with Gasteiger partial charge in [-0.05, 0) is 30.5 Å². The number of piperazine rings is 1. The molecule has 0 aromatic heterocycles. The van der Waals surface area contributed by atoms with E-state index >= 15 is 0 Å². The fraction of sp³-hybridized carbons (Fsp3) is 0.529. The molecule has 2 aliphatic rings. The molecule has 0 bridgehead atoms. The van der Waals surface area contributed by atoms with E-state index in [-0.39, 0.29) is 0 Å². The van der Waals surface area contributed by atoms with E-state index in [1.807, 2.05) is 29.2 Å². The van der Waals surface area contributed by atoms with Gasteiger partial charge in [0.2, 0.25) is 5.91 Å². The normalized spacial score (nSPS) is 19.9. The second-order valence-corrected chi connectivity index (χ2v) is 6.04. The molecule has 1 saturated carbocycles. The van der Waals surface area contributed by atoms with E-state index in [4.69, 9.17) is 5.26 Å². The molecule has 2 fully saturated rings. The van der Waals surface area contributed by atoms with Gasteiger partial charge < -0.3 is 4.90 Å². The first-order valence-electron chi connectivity index (χ1n) is 7.76. The minimum atomic E-state index is 0.315. The Hall–Kier alpha value is -1.86. The number of carbonyl (C=O) groups is 1. The van der Waals surface area contributed by atoms with Crippen LogP contribution in [0.5, 0.6) is 0 Å². The highest BCUT2D eigenvalue weighted by Gasteiger charge is 2.31. The van der Waals surface area contributed by atoms with Gasteiger partial charge in [0.25, 0.3) is 0 Å². The van der Waals surface area contributed by atoms with Gasteiger partial charge in [0, 0.05) is 38.6 Å². The van der Waals surface area contributed by atoms with Gasteiger partial charge in [-0.3, -0.25) is 9.69 Å². The third-order valence-electron chi connectivity index (χ3n) is 4.63. The Morgan fingerprint density at radius 1 is 1.14 bits per heavy atom. The van der Waals surface area contributed by atoms with E-state index in [0.29, 0.717) is 17.4 Å². The molecule has 1 aromatic rings. The lowest BCUT2D eigenvalue weighted by atomic mass is 9.84. The van der Waals surface area contributed by atoms with Crippen LogP contribution in [-0.2, 0) is 11.3 Å². The van der Waals surface area contributed by atoms with E-state index in [9.17, 15) is 4.79 Å². The summed E-state index contributed by atoms with van der Waals surface area (Å²) in [5.74, 6) is 0.689. The van der Waals surface area contributed by atoms with Gasteiger partial charge in [0.05, 0.1) is 11.6 Å². The zero-order valence-corrected chi connectivity index (χ0v) is 12.3. The third kappa shape index (κ3) is 3.25. The van der Waals surface area contributed by atoms with Gasteiger partial charge in [0.1, 0.15) is 0 Å². The maximum Gasteiger partial charge on any atom is 0.225 e. The Kier molecular flexibility index (Phi) is 4.21. The van der Waals surface area contributed by atoms with Crippen molar-refractivity contribution in [2.75, 3.05) is 26.2 Å². The van der Waals surface area contributed by atoms with E-state index in [2.05, 4.69) is 11.0 Å². The number of amides is 1. The topological polar surface area (TPSA) is 47.3 Å². The van der Waals surface area contributed by atoms with Gasteiger partial charge in [-0.15, -0.1) is 0 Å². The van der Waals surface area contributed by atoms with Crippen LogP contribution < -0.4 is 0 Å². The summed E-state index contributed by atoms with van der Waals surface area (Å²) in [6.45, 7) is 4.49. The lowest BCUT2D eigenvalue weighted by Gasteiger charge is -2.38. The van der Waals surface area contributed by atoms with E-state index in [0.717, 1.165) is 45.6 Å². The number of hydrogen-bond donors (Lipinski definition) is 0. The Labute approximate surface area is 126 Å². The van der Waals surface area contributed by atoms with Crippen molar-refractivity contribution in [1.82, 2.24) is 9.80 Å². The quantitative estimate of drug-likeness (QED) is 0.852. The molecule has 1 heterocycles. The summed E-state index contributed by atoms with van der Waals surface area (Å²) in [5, 5.41) is 8.80. The van der Waals surface area contributed by atoms with Gasteiger partial charge in [0.15, 0.2) is 0 Å². The lowest BCUT2D eigenvalue weighted by molar-refractivity contribution is -0.140. The summed E-state index contributed by atoms with van der Waals surface area (Å²) in [4.78, 5) is 16.6. The van der Waals surface area contributed by atoms with Crippen molar-refractivity contribution in [2.45, 2.75) is 25.8 Å². The van der Waals surface area contributed by atoms with Gasteiger partial charge >= 0.3 is 0 Å². The van der Waals surface area contributed by atoms with Crippen LogP contribution in [0.4, 0.5) is 0 Å². The molecule has 4 heteroatoms. The summed E-state index contributed by atoms with van der Waals surface area (Å²) in [7, 11) is 0. The van der Waals surface area contributed by atoms with Crippen molar-refractivity contribution in [1.29, 1.82) is 5.26 Å². The molecule has 4 nitrogen and oxygen atoms in total. The highest BCUT2D eigenvalue weighted by Crippen LogP contribution is 2.28. The van der Waals surface area contributed by atoms with Crippen LogP contribution in [0.15, 0.2) is 24.3 Å². The summed E-state index contributed by atoms with van der Waals surface area (Å²) < 4.78 is 0. The molecule has 0 radical (unpaired) electrons. The van der Waals surface area contributed by atoms with Crippen molar-refractivity contribution < 1.29 is 4.79 Å². The standard InChI is InChI=1S/C17H21N3O/c18-12-14-4-6-15(7-5-14)13-19-8-10-20(11-9-19)17(21)16-2-1-3-16/h4-7,16H,1-3,8-11,13H2. The van der Waals surface area contributed by atoms with Crippen LogP contribution in [-0.4, -0.2) is 41.9 Å². The van der Waals surface area contributed by atoms with Crippen molar-refractivity contribution in [3.05, 3.63) is 35.4 Å². The van der Waals surface area contributed by atoms with E-state index in [1.54, 1.807) is 0 Å². The summed E-state index contributed by atoms with van der Waals surface area (Å²) >= 11 is 0. The summed E-state index contributed by atoms with van der Waals surface area (Å²) in [5.41, 5.74) is 1.93. The van der Waals surface area contributed by atoms with Crippen LogP contribution in [0.3, 0.4) is 0 Å². The largest absolute Gasteiger partial charge is 0.340 e. The molecule has 110 valence electrons. The Bertz CT molecular complexity index is 534. The van der Waals surface area contributed by atoms with Crippen molar-refractivity contribution in [3.8, 4) is 6.07 Å². The number of hydrogen-bond acceptors (Lipinski definition) is 3. The second-order valence-electron chi connectivity index (χ2n) is 6.04. The third-order valence-corrected chi connectivity index (χ3v) is 4.63. The van der Waals surface area contributed by atoms with Crippen molar-refractivity contribution in [3.63, 3.8) is 0 Å². The molecule has 0 spiro atoms. The zero-order chi connectivity index (χ0) is 14.7. The highest BCUT2D eigenvalue weighted by atomic mass is 16.2. The average molecular weight is 283 g/mol. The molecule has 1 aromatic carbocycles. The monoisotopic (exact) mass is 283 g/mol. The lowest BCUT2D eigenvalue weighted by Crippen LogP contribution is -2.50. The van der Waals surface area contributed by atoms with Crippen LogP contribution in [0, 0.1) is 17.2 Å². The maximum absolute atomic E-state index is 12.2. The predicted molar refractivity (Wildman–Crippen MR) is 80.4 cm³/mol. The van der Waals surface area contributed by atoms with Crippen LogP contribution in [0.2, 0.25) is 0 Å². The SMILES string of the molecule is N#Cc1ccc(CN2CCN(C(=O)C3CCC3)CC2)cc1. The minimum Gasteiger partial charge on any atom is -0.340 e. The molecule has 1 aliphatic carbocycles. The maximum atomic E-state index is 12.2. The molecule has 1 saturated heterocycles. The first kappa shape index (κ1) is 14.1. The Balaban J connectivity index is 1.49. The van der Waals surface area contributed by atoms with Crippen LogP contribution in [0.1, 0.15) is 30.4 Å². The smallest absolute Gasteiger partial charge is 0.225 e. The molecular weight excluding hydrogens is 262 g/mol. The number of rotatable bonds is 3. The van der Waals surface area contributed by atoms with Crippen molar-refractivity contribution >= 4 is 5.91 Å². The number of benzene rings is 1. The minimum absolute atomic E-state index is 0.315. The summed E-state index contributed by atoms with van der Waals surface area (Å²) in [6, 6.07) is 9.91. The molecule has 21 heavy (non-hydrogen) atoms. The number of nitriles is 1. The summed E-state index contributed by atoms with van der Waals surface area (Å²) in [6.07, 6.45) is 3.39. The van der Waals surface area contributed by atoms with E-state index in [1.165, 1.54) is 12.0 Å². The number of nitrogens with zero attached hydrogens (tertiary/aromatic N) is 3. The van der Waals surface area contributed by atoms with Gasteiger partial charge in [-0.2, -0.15) is 5.26 Å². The van der Waals surface area contributed by atoms with Gasteiger partial charge in [-0.25, -0.2) is 0 Å². The fourth-order valence-electron chi connectivity index (χ4n) is 2.98.